The Hall–Kier alpha value is -1.26. The first-order valence-corrected chi connectivity index (χ1v) is 5.90. The smallest absolute Gasteiger partial charge is 0.253 e. The van der Waals surface area contributed by atoms with E-state index in [1.165, 1.54) is 18.2 Å². The summed E-state index contributed by atoms with van der Waals surface area (Å²) in [6, 6.07) is 4.35. The van der Waals surface area contributed by atoms with Crippen molar-refractivity contribution in [1.82, 2.24) is 10.6 Å². The average Bonchev–Trinajstić information content (AvgIpc) is 2.68. The summed E-state index contributed by atoms with van der Waals surface area (Å²) in [7, 11) is 0. The third-order valence-corrected chi connectivity index (χ3v) is 3.31. The topological polar surface area (TPSA) is 61.4 Å². The molecule has 92 valence electrons. The molecule has 3 N–H and O–H groups in total. The Morgan fingerprint density at radius 1 is 1.59 bits per heavy atom. The number of carbonyl (C=O) groups excluding carboxylic acids is 1. The fourth-order valence-electron chi connectivity index (χ4n) is 1.95. The van der Waals surface area contributed by atoms with E-state index < -0.39 is 0 Å². The van der Waals surface area contributed by atoms with E-state index in [1.54, 1.807) is 0 Å². The van der Waals surface area contributed by atoms with E-state index in [0.29, 0.717) is 10.6 Å². The molecule has 0 saturated carbocycles. The molecule has 1 amide bonds. The molecule has 1 aliphatic heterocycles. The Labute approximate surface area is 105 Å². The fourth-order valence-corrected chi connectivity index (χ4v) is 2.16. The molecule has 1 aromatic carbocycles. The van der Waals surface area contributed by atoms with Crippen molar-refractivity contribution in [3.63, 3.8) is 0 Å². The molecule has 1 atom stereocenters. The van der Waals surface area contributed by atoms with Gasteiger partial charge >= 0.3 is 0 Å². The van der Waals surface area contributed by atoms with E-state index in [1.807, 2.05) is 6.92 Å². The Kier molecular flexibility index (Phi) is 3.26. The number of hydrogen-bond acceptors (Lipinski definition) is 3. The Morgan fingerprint density at radius 2 is 2.35 bits per heavy atom. The highest BCUT2D eigenvalue weighted by atomic mass is 35.5. The summed E-state index contributed by atoms with van der Waals surface area (Å²) in [6.07, 6.45) is 0.884. The van der Waals surface area contributed by atoms with Crippen LogP contribution < -0.4 is 10.6 Å². The summed E-state index contributed by atoms with van der Waals surface area (Å²) in [6.45, 7) is 3.63. The predicted molar refractivity (Wildman–Crippen MR) is 66.5 cm³/mol. The highest BCUT2D eigenvalue weighted by Crippen LogP contribution is 2.22. The number of halogens is 1. The molecule has 1 heterocycles. The first-order valence-electron chi connectivity index (χ1n) is 5.52. The second kappa shape index (κ2) is 4.55. The van der Waals surface area contributed by atoms with Crippen LogP contribution in [0.4, 0.5) is 0 Å². The summed E-state index contributed by atoms with van der Waals surface area (Å²) in [4.78, 5) is 12.0. The Balaban J connectivity index is 2.17. The number of phenols is 1. The van der Waals surface area contributed by atoms with Crippen LogP contribution in [0.1, 0.15) is 23.7 Å². The average molecular weight is 255 g/mol. The third-order valence-electron chi connectivity index (χ3n) is 2.98. The van der Waals surface area contributed by atoms with Gasteiger partial charge in [-0.3, -0.25) is 4.79 Å². The number of phenolic OH excluding ortho intramolecular Hbond substituents is 1. The molecule has 1 aromatic rings. The minimum Gasteiger partial charge on any atom is -0.508 e. The minimum absolute atomic E-state index is 0.0363. The van der Waals surface area contributed by atoms with Gasteiger partial charge in [0.15, 0.2) is 0 Å². The molecule has 0 aliphatic carbocycles. The van der Waals surface area contributed by atoms with Gasteiger partial charge < -0.3 is 15.7 Å². The van der Waals surface area contributed by atoms with E-state index in [2.05, 4.69) is 10.6 Å². The van der Waals surface area contributed by atoms with Crippen molar-refractivity contribution in [2.45, 2.75) is 18.9 Å². The minimum atomic E-state index is -0.253. The molecule has 1 unspecified atom stereocenters. The fraction of sp³-hybridized carbons (Fsp3) is 0.417. The Bertz CT molecular complexity index is 442. The van der Waals surface area contributed by atoms with Gasteiger partial charge in [-0.05, 0) is 38.1 Å². The molecule has 1 saturated heterocycles. The van der Waals surface area contributed by atoms with Crippen LogP contribution in [-0.2, 0) is 0 Å². The monoisotopic (exact) mass is 254 g/mol. The summed E-state index contributed by atoms with van der Waals surface area (Å²) in [5, 5.41) is 15.8. The van der Waals surface area contributed by atoms with Crippen LogP contribution in [-0.4, -0.2) is 29.6 Å². The van der Waals surface area contributed by atoms with Crippen LogP contribution in [0.3, 0.4) is 0 Å². The number of hydrogen-bond donors (Lipinski definition) is 3. The SMILES string of the molecule is CC1(NC(=O)c2cc(O)ccc2Cl)CCNC1. The zero-order chi connectivity index (χ0) is 12.5. The lowest BCUT2D eigenvalue weighted by Crippen LogP contribution is -2.47. The highest BCUT2D eigenvalue weighted by Gasteiger charge is 2.30. The van der Waals surface area contributed by atoms with Crippen LogP contribution >= 0.6 is 11.6 Å². The molecule has 17 heavy (non-hydrogen) atoms. The lowest BCUT2D eigenvalue weighted by Gasteiger charge is -2.24. The number of amides is 1. The van der Waals surface area contributed by atoms with Gasteiger partial charge in [0.05, 0.1) is 16.1 Å². The number of nitrogens with one attached hydrogen (secondary N) is 2. The van der Waals surface area contributed by atoms with Crippen LogP contribution in [0.2, 0.25) is 5.02 Å². The maximum Gasteiger partial charge on any atom is 0.253 e. The summed E-state index contributed by atoms with van der Waals surface area (Å²) in [5.41, 5.74) is 0.0612. The third kappa shape index (κ3) is 2.70. The molecule has 1 fully saturated rings. The number of aromatic hydroxyl groups is 1. The lowest BCUT2D eigenvalue weighted by molar-refractivity contribution is 0.0913. The zero-order valence-corrected chi connectivity index (χ0v) is 10.3. The van der Waals surface area contributed by atoms with Gasteiger partial charge in [0, 0.05) is 6.54 Å². The molecular formula is C12H15ClN2O2. The van der Waals surface area contributed by atoms with E-state index in [-0.39, 0.29) is 17.2 Å². The quantitative estimate of drug-likeness (QED) is 0.750. The van der Waals surface area contributed by atoms with Gasteiger partial charge in [-0.2, -0.15) is 0 Å². The van der Waals surface area contributed by atoms with Crippen LogP contribution in [0.15, 0.2) is 18.2 Å². The van der Waals surface area contributed by atoms with Crippen LogP contribution in [0.25, 0.3) is 0 Å². The van der Waals surface area contributed by atoms with E-state index >= 15 is 0 Å². The molecular weight excluding hydrogens is 240 g/mol. The molecule has 0 spiro atoms. The molecule has 0 aromatic heterocycles. The normalized spacial score (nSPS) is 23.6. The molecule has 2 rings (SSSR count). The van der Waals surface area contributed by atoms with Crippen LogP contribution in [0, 0.1) is 0 Å². The number of carbonyl (C=O) groups is 1. The van der Waals surface area contributed by atoms with Gasteiger partial charge in [0.1, 0.15) is 5.75 Å². The number of benzene rings is 1. The lowest BCUT2D eigenvalue weighted by atomic mass is 10.0. The molecule has 4 nitrogen and oxygen atoms in total. The van der Waals surface area contributed by atoms with Gasteiger partial charge in [0.25, 0.3) is 5.91 Å². The van der Waals surface area contributed by atoms with Gasteiger partial charge in [0.2, 0.25) is 0 Å². The summed E-state index contributed by atoms with van der Waals surface area (Å²) < 4.78 is 0. The largest absolute Gasteiger partial charge is 0.508 e. The van der Waals surface area contributed by atoms with E-state index in [9.17, 15) is 9.90 Å². The first kappa shape index (κ1) is 12.2. The van der Waals surface area contributed by atoms with Crippen molar-refractivity contribution in [3.8, 4) is 5.75 Å². The molecule has 5 heteroatoms. The maximum absolute atomic E-state index is 12.0. The van der Waals surface area contributed by atoms with Crippen molar-refractivity contribution in [2.75, 3.05) is 13.1 Å². The molecule has 1 aliphatic rings. The van der Waals surface area contributed by atoms with Crippen molar-refractivity contribution in [3.05, 3.63) is 28.8 Å². The van der Waals surface area contributed by atoms with Crippen molar-refractivity contribution >= 4 is 17.5 Å². The Morgan fingerprint density at radius 3 is 3.00 bits per heavy atom. The van der Waals surface area contributed by atoms with Crippen molar-refractivity contribution < 1.29 is 9.90 Å². The van der Waals surface area contributed by atoms with Crippen molar-refractivity contribution in [1.29, 1.82) is 0 Å². The van der Waals surface area contributed by atoms with E-state index in [4.69, 9.17) is 11.6 Å². The standard InChI is InChI=1S/C12H15ClN2O2/c1-12(4-5-14-7-12)15-11(17)9-6-8(16)2-3-10(9)13/h2-3,6,14,16H,4-5,7H2,1H3,(H,15,17). The number of rotatable bonds is 2. The first-order chi connectivity index (χ1) is 8.00. The summed E-state index contributed by atoms with van der Waals surface area (Å²) >= 11 is 5.93. The van der Waals surface area contributed by atoms with Crippen LogP contribution in [0.5, 0.6) is 5.75 Å². The van der Waals surface area contributed by atoms with Crippen molar-refractivity contribution in [2.24, 2.45) is 0 Å². The maximum atomic E-state index is 12.0. The van der Waals surface area contributed by atoms with Gasteiger partial charge in [-0.1, -0.05) is 11.6 Å². The zero-order valence-electron chi connectivity index (χ0n) is 9.59. The van der Waals surface area contributed by atoms with Gasteiger partial charge in [-0.15, -0.1) is 0 Å². The molecule has 0 radical (unpaired) electrons. The predicted octanol–water partition coefficient (Wildman–Crippen LogP) is 1.53. The highest BCUT2D eigenvalue weighted by molar-refractivity contribution is 6.33. The molecule has 0 bridgehead atoms. The summed E-state index contributed by atoms with van der Waals surface area (Å²) in [5.74, 6) is -0.216. The van der Waals surface area contributed by atoms with E-state index in [0.717, 1.165) is 19.5 Å². The second-order valence-corrected chi connectivity index (χ2v) is 5.01. The second-order valence-electron chi connectivity index (χ2n) is 4.61. The van der Waals surface area contributed by atoms with Gasteiger partial charge in [-0.25, -0.2) is 0 Å².